The van der Waals surface area contributed by atoms with Crippen LogP contribution < -0.4 is 5.32 Å². The molecule has 0 fully saturated rings. The SMILES string of the molecule is O=C1CS[C@@H](C(F)(F)F)c2cnn(-c3ccc(Cl)cc3)c2N1. The van der Waals surface area contributed by atoms with Gasteiger partial charge < -0.3 is 5.32 Å². The highest BCUT2D eigenvalue weighted by molar-refractivity contribution is 8.00. The Balaban J connectivity index is 2.11. The lowest BCUT2D eigenvalue weighted by Gasteiger charge is -2.17. The molecule has 1 atom stereocenters. The first-order valence-electron chi connectivity index (χ1n) is 6.18. The minimum absolute atomic E-state index is 0.0413. The molecule has 0 spiro atoms. The van der Waals surface area contributed by atoms with Crippen LogP contribution >= 0.6 is 23.4 Å². The van der Waals surface area contributed by atoms with E-state index in [1.807, 2.05) is 0 Å². The Morgan fingerprint density at radius 3 is 2.64 bits per heavy atom. The molecule has 4 nitrogen and oxygen atoms in total. The number of carbonyl (C=O) groups excluding carboxylic acids is 1. The summed E-state index contributed by atoms with van der Waals surface area (Å²) in [5.74, 6) is -0.715. The van der Waals surface area contributed by atoms with Gasteiger partial charge in [0.15, 0.2) is 0 Å². The predicted octanol–water partition coefficient (Wildman–Crippen LogP) is 3.81. The summed E-state index contributed by atoms with van der Waals surface area (Å²) in [4.78, 5) is 11.7. The number of nitrogens with one attached hydrogen (secondary N) is 1. The second-order valence-electron chi connectivity index (χ2n) is 4.62. The van der Waals surface area contributed by atoms with Gasteiger partial charge in [0, 0.05) is 10.6 Å². The number of thioether (sulfide) groups is 1. The van der Waals surface area contributed by atoms with E-state index >= 15 is 0 Å². The molecule has 0 radical (unpaired) electrons. The van der Waals surface area contributed by atoms with Gasteiger partial charge in [0.05, 0.1) is 17.6 Å². The van der Waals surface area contributed by atoms with Crippen molar-refractivity contribution in [2.24, 2.45) is 0 Å². The second-order valence-corrected chi connectivity index (χ2v) is 6.15. The lowest BCUT2D eigenvalue weighted by Crippen LogP contribution is -2.17. The Bertz CT molecular complexity index is 714. The highest BCUT2D eigenvalue weighted by Crippen LogP contribution is 2.47. The van der Waals surface area contributed by atoms with E-state index < -0.39 is 17.3 Å². The minimum atomic E-state index is -4.46. The highest BCUT2D eigenvalue weighted by Gasteiger charge is 2.45. The van der Waals surface area contributed by atoms with Gasteiger partial charge in [-0.2, -0.15) is 18.3 Å². The summed E-state index contributed by atoms with van der Waals surface area (Å²) in [5.41, 5.74) is 0.456. The maximum absolute atomic E-state index is 13.2. The number of aromatic nitrogens is 2. The van der Waals surface area contributed by atoms with Crippen molar-refractivity contribution < 1.29 is 18.0 Å². The highest BCUT2D eigenvalue weighted by atomic mass is 35.5. The Labute approximate surface area is 132 Å². The standard InChI is InChI=1S/C13H9ClF3N3OS/c14-7-1-3-8(4-2-7)20-12-9(5-18-20)11(13(15,16)17)22-6-10(21)19-12/h1-5,11H,6H2,(H,19,21)/t11-/m1/s1. The largest absolute Gasteiger partial charge is 0.404 e. The van der Waals surface area contributed by atoms with Crippen molar-refractivity contribution in [3.05, 3.63) is 41.0 Å². The molecule has 116 valence electrons. The van der Waals surface area contributed by atoms with Crippen LogP contribution in [0.25, 0.3) is 5.69 Å². The summed E-state index contributed by atoms with van der Waals surface area (Å²) < 4.78 is 40.8. The van der Waals surface area contributed by atoms with Crippen molar-refractivity contribution in [2.75, 3.05) is 11.1 Å². The van der Waals surface area contributed by atoms with Gasteiger partial charge in [0.25, 0.3) is 0 Å². The van der Waals surface area contributed by atoms with E-state index in [-0.39, 0.29) is 17.1 Å². The van der Waals surface area contributed by atoms with Crippen molar-refractivity contribution in [2.45, 2.75) is 11.4 Å². The molecule has 1 aliphatic heterocycles. The van der Waals surface area contributed by atoms with Crippen molar-refractivity contribution in [3.8, 4) is 5.69 Å². The third-order valence-electron chi connectivity index (χ3n) is 3.09. The summed E-state index contributed by atoms with van der Waals surface area (Å²) >= 11 is 6.34. The normalized spacial score (nSPS) is 18.5. The Kier molecular flexibility index (Phi) is 3.82. The molecular weight excluding hydrogens is 339 g/mol. The molecule has 0 bridgehead atoms. The summed E-state index contributed by atoms with van der Waals surface area (Å²) in [6.07, 6.45) is -3.32. The number of carbonyl (C=O) groups is 1. The summed E-state index contributed by atoms with van der Waals surface area (Å²) in [5, 5.41) is 5.18. The zero-order valence-electron chi connectivity index (χ0n) is 10.9. The molecule has 3 rings (SSSR count). The molecule has 1 aromatic carbocycles. The van der Waals surface area contributed by atoms with Crippen molar-refractivity contribution >= 4 is 35.1 Å². The lowest BCUT2D eigenvalue weighted by molar-refractivity contribution is -0.129. The molecule has 0 saturated carbocycles. The van der Waals surface area contributed by atoms with Crippen LogP contribution in [-0.2, 0) is 4.79 Å². The summed E-state index contributed by atoms with van der Waals surface area (Å²) in [7, 11) is 0. The van der Waals surface area contributed by atoms with Crippen LogP contribution in [0.15, 0.2) is 30.5 Å². The molecule has 9 heteroatoms. The van der Waals surface area contributed by atoms with Gasteiger partial charge in [-0.15, -0.1) is 11.8 Å². The minimum Gasteiger partial charge on any atom is -0.310 e. The molecule has 0 unspecified atom stereocenters. The van der Waals surface area contributed by atoms with E-state index in [0.29, 0.717) is 22.5 Å². The molecule has 1 aromatic heterocycles. The topological polar surface area (TPSA) is 46.9 Å². The maximum Gasteiger partial charge on any atom is 0.404 e. The Hall–Kier alpha value is -1.67. The van der Waals surface area contributed by atoms with Gasteiger partial charge in [-0.25, -0.2) is 4.68 Å². The first-order chi connectivity index (χ1) is 10.4. The van der Waals surface area contributed by atoms with Crippen LogP contribution in [0.3, 0.4) is 0 Å². The molecule has 2 aromatic rings. The number of nitrogens with zero attached hydrogens (tertiary/aromatic N) is 2. The quantitative estimate of drug-likeness (QED) is 0.853. The maximum atomic E-state index is 13.2. The fourth-order valence-electron chi connectivity index (χ4n) is 2.14. The van der Waals surface area contributed by atoms with Gasteiger partial charge >= 0.3 is 6.18 Å². The Morgan fingerprint density at radius 2 is 2.00 bits per heavy atom. The molecule has 1 amide bonds. The van der Waals surface area contributed by atoms with E-state index in [1.54, 1.807) is 24.3 Å². The van der Waals surface area contributed by atoms with E-state index in [1.165, 1.54) is 4.68 Å². The van der Waals surface area contributed by atoms with Gasteiger partial charge in [-0.3, -0.25) is 4.79 Å². The molecule has 1 aliphatic rings. The first kappa shape index (κ1) is 15.2. The number of halogens is 4. The molecular formula is C13H9ClF3N3OS. The third kappa shape index (κ3) is 2.80. The van der Waals surface area contributed by atoms with Crippen molar-refractivity contribution in [1.29, 1.82) is 0 Å². The number of alkyl halides is 3. The van der Waals surface area contributed by atoms with Crippen LogP contribution in [0.5, 0.6) is 0 Å². The monoisotopic (exact) mass is 347 g/mol. The zero-order chi connectivity index (χ0) is 15.9. The third-order valence-corrected chi connectivity index (χ3v) is 4.62. The molecule has 0 saturated heterocycles. The Morgan fingerprint density at radius 1 is 1.32 bits per heavy atom. The average Bonchev–Trinajstić information content (AvgIpc) is 2.74. The van der Waals surface area contributed by atoms with Gasteiger partial charge in [0.1, 0.15) is 11.1 Å². The number of hydrogen-bond acceptors (Lipinski definition) is 3. The molecule has 2 heterocycles. The van der Waals surface area contributed by atoms with E-state index in [0.717, 1.165) is 6.20 Å². The van der Waals surface area contributed by atoms with Crippen LogP contribution in [-0.4, -0.2) is 27.6 Å². The number of fused-ring (bicyclic) bond motifs is 1. The van der Waals surface area contributed by atoms with Crippen LogP contribution in [0.1, 0.15) is 10.8 Å². The average molecular weight is 348 g/mol. The predicted molar refractivity (Wildman–Crippen MR) is 78.5 cm³/mol. The zero-order valence-corrected chi connectivity index (χ0v) is 12.5. The van der Waals surface area contributed by atoms with E-state index in [4.69, 9.17) is 11.6 Å². The van der Waals surface area contributed by atoms with Crippen LogP contribution in [0, 0.1) is 0 Å². The smallest absolute Gasteiger partial charge is 0.310 e. The van der Waals surface area contributed by atoms with Gasteiger partial charge in [-0.1, -0.05) is 11.6 Å². The number of anilines is 1. The number of amides is 1. The number of benzene rings is 1. The summed E-state index contributed by atoms with van der Waals surface area (Å²) in [6, 6.07) is 6.42. The summed E-state index contributed by atoms with van der Waals surface area (Å²) in [6.45, 7) is 0. The van der Waals surface area contributed by atoms with E-state index in [2.05, 4.69) is 10.4 Å². The van der Waals surface area contributed by atoms with Crippen molar-refractivity contribution in [1.82, 2.24) is 9.78 Å². The van der Waals surface area contributed by atoms with Crippen molar-refractivity contribution in [3.63, 3.8) is 0 Å². The van der Waals surface area contributed by atoms with Gasteiger partial charge in [0.2, 0.25) is 5.91 Å². The fourth-order valence-corrected chi connectivity index (χ4v) is 3.20. The molecule has 0 aliphatic carbocycles. The fraction of sp³-hybridized carbons (Fsp3) is 0.231. The van der Waals surface area contributed by atoms with Crippen LogP contribution in [0.4, 0.5) is 19.0 Å². The number of rotatable bonds is 1. The van der Waals surface area contributed by atoms with Crippen LogP contribution in [0.2, 0.25) is 5.02 Å². The number of hydrogen-bond donors (Lipinski definition) is 1. The molecule has 1 N–H and O–H groups in total. The lowest BCUT2D eigenvalue weighted by atomic mass is 10.2. The van der Waals surface area contributed by atoms with E-state index in [9.17, 15) is 18.0 Å². The first-order valence-corrected chi connectivity index (χ1v) is 7.61. The molecule has 22 heavy (non-hydrogen) atoms. The van der Waals surface area contributed by atoms with Gasteiger partial charge in [-0.05, 0) is 24.3 Å². The second kappa shape index (κ2) is 5.51.